The number of alkyl halides is 1. The first-order valence-corrected chi connectivity index (χ1v) is 13.6. The Morgan fingerprint density at radius 3 is 2.26 bits per heavy atom. The van der Waals surface area contributed by atoms with E-state index in [1.807, 2.05) is 0 Å². The molecule has 3 aliphatic rings. The van der Waals surface area contributed by atoms with Gasteiger partial charge in [-0.2, -0.15) is 0 Å². The number of phosphoric acid groups is 1. The molecule has 0 aromatic carbocycles. The van der Waals surface area contributed by atoms with Gasteiger partial charge in [-0.15, -0.1) is 0 Å². The fourth-order valence-corrected chi connectivity index (χ4v) is 5.96. The lowest BCUT2D eigenvalue weighted by Gasteiger charge is -2.34. The van der Waals surface area contributed by atoms with Crippen LogP contribution >= 0.6 is 7.82 Å². The summed E-state index contributed by atoms with van der Waals surface area (Å²) in [5.41, 5.74) is -4.95. The summed E-state index contributed by atoms with van der Waals surface area (Å²) in [7, 11) is -4.65. The zero-order valence-electron chi connectivity index (χ0n) is 21.5. The van der Waals surface area contributed by atoms with E-state index in [1.54, 1.807) is 6.92 Å². The fourth-order valence-electron chi connectivity index (χ4n) is 5.00. The predicted octanol–water partition coefficient (Wildman–Crippen LogP) is 1.42. The Morgan fingerprint density at radius 2 is 1.72 bits per heavy atom. The van der Waals surface area contributed by atoms with Gasteiger partial charge in [0.05, 0.1) is 6.61 Å². The number of esters is 2. The van der Waals surface area contributed by atoms with Crippen LogP contribution in [0, 0.1) is 0 Å². The number of fused-ring (bicyclic) bond motifs is 1. The van der Waals surface area contributed by atoms with Crippen LogP contribution in [-0.2, 0) is 51.4 Å². The molecule has 218 valence electrons. The fraction of sp³-hybridized carbons (Fsp3) is 0.727. The number of H-pyrrole nitrogens is 1. The summed E-state index contributed by atoms with van der Waals surface area (Å²) in [5, 5.41) is 0. The quantitative estimate of drug-likeness (QED) is 0.226. The van der Waals surface area contributed by atoms with Gasteiger partial charge in [-0.25, -0.2) is 22.8 Å². The minimum atomic E-state index is -4.65. The standard InChI is InChI=1S/C22H30FN2O13P/c1-14(26)31-12-34-39(30,35-13-32-15(2)27)33-11-21(10-23)17-20(3,38-22(36-17)7-4-5-8-22)18(37-21)25-9-6-16(28)24-19(25)29/h6,9,17-18H,4-5,7-8,10-13H2,1-3H3,(H,24,28,29). The molecule has 4 atom stereocenters. The molecule has 39 heavy (non-hydrogen) atoms. The molecule has 0 radical (unpaired) electrons. The van der Waals surface area contributed by atoms with Gasteiger partial charge >= 0.3 is 25.5 Å². The lowest BCUT2D eigenvalue weighted by Crippen LogP contribution is -2.51. The van der Waals surface area contributed by atoms with E-state index in [-0.39, 0.29) is 0 Å². The molecule has 17 heteroatoms. The number of carbonyl (C=O) groups is 2. The van der Waals surface area contributed by atoms with E-state index < -0.39 is 87.2 Å². The minimum Gasteiger partial charge on any atom is -0.438 e. The van der Waals surface area contributed by atoms with Crippen LogP contribution in [0.15, 0.2) is 21.9 Å². The summed E-state index contributed by atoms with van der Waals surface area (Å²) < 4.78 is 72.6. The van der Waals surface area contributed by atoms with Crippen LogP contribution in [0.4, 0.5) is 4.39 Å². The molecule has 2 aliphatic heterocycles. The number of nitrogens with zero attached hydrogens (tertiary/aromatic N) is 1. The van der Waals surface area contributed by atoms with Crippen LogP contribution in [0.3, 0.4) is 0 Å². The number of hydrogen-bond donors (Lipinski definition) is 1. The molecule has 3 heterocycles. The average Bonchev–Trinajstić information content (AvgIpc) is 3.49. The van der Waals surface area contributed by atoms with Gasteiger partial charge in [0.15, 0.2) is 17.6 Å². The smallest absolute Gasteiger partial charge is 0.438 e. The molecule has 0 amide bonds. The molecule has 4 unspecified atom stereocenters. The van der Waals surface area contributed by atoms with E-state index in [0.29, 0.717) is 12.8 Å². The zero-order valence-corrected chi connectivity index (χ0v) is 22.4. The number of nitrogens with one attached hydrogen (secondary N) is 1. The van der Waals surface area contributed by atoms with Crippen LogP contribution in [0.2, 0.25) is 0 Å². The largest absolute Gasteiger partial charge is 0.480 e. The Balaban J connectivity index is 1.65. The first kappa shape index (κ1) is 29.5. The SMILES string of the molecule is CC(=O)OCOP(=O)(OCOC(C)=O)OCC1(CF)OC(n2ccc(=O)[nH]c2=O)C2(C)OC3(CCCC3)OC12. The van der Waals surface area contributed by atoms with Crippen molar-refractivity contribution in [2.24, 2.45) is 0 Å². The van der Waals surface area contributed by atoms with Crippen molar-refractivity contribution in [1.82, 2.24) is 9.55 Å². The molecule has 1 spiro atoms. The van der Waals surface area contributed by atoms with Gasteiger partial charge in [-0.1, -0.05) is 0 Å². The van der Waals surface area contributed by atoms with Crippen molar-refractivity contribution < 1.29 is 55.8 Å². The monoisotopic (exact) mass is 580 g/mol. The number of rotatable bonds is 11. The highest BCUT2D eigenvalue weighted by atomic mass is 31.2. The van der Waals surface area contributed by atoms with Crippen molar-refractivity contribution in [3.05, 3.63) is 33.1 Å². The van der Waals surface area contributed by atoms with Crippen molar-refractivity contribution in [3.8, 4) is 0 Å². The minimum absolute atomic E-state index is 0.505. The van der Waals surface area contributed by atoms with Crippen molar-refractivity contribution in [3.63, 3.8) is 0 Å². The first-order valence-electron chi connectivity index (χ1n) is 12.1. The zero-order chi connectivity index (χ0) is 28.5. The third-order valence-electron chi connectivity index (χ3n) is 6.68. The van der Waals surface area contributed by atoms with Gasteiger partial charge in [0.1, 0.15) is 18.4 Å². The number of aromatic nitrogens is 2. The normalized spacial score (nSPS) is 29.4. The maximum Gasteiger partial charge on any atom is 0.480 e. The van der Waals surface area contributed by atoms with Crippen molar-refractivity contribution in [1.29, 1.82) is 0 Å². The van der Waals surface area contributed by atoms with Crippen LogP contribution in [0.5, 0.6) is 0 Å². The van der Waals surface area contributed by atoms with E-state index in [0.717, 1.165) is 37.3 Å². The Hall–Kier alpha value is -2.46. The first-order chi connectivity index (χ1) is 18.4. The molecule has 1 saturated carbocycles. The molecular weight excluding hydrogens is 550 g/mol. The maximum atomic E-state index is 15.0. The number of aromatic amines is 1. The number of halogens is 1. The molecule has 1 aliphatic carbocycles. The number of phosphoric ester groups is 1. The van der Waals surface area contributed by atoms with E-state index in [9.17, 15) is 28.1 Å². The van der Waals surface area contributed by atoms with Crippen LogP contribution in [0.1, 0.15) is 52.7 Å². The molecular formula is C22H30FN2O13P. The summed E-state index contributed by atoms with van der Waals surface area (Å²) in [5.74, 6) is -2.59. The Morgan fingerprint density at radius 1 is 1.10 bits per heavy atom. The van der Waals surface area contributed by atoms with Crippen LogP contribution < -0.4 is 11.2 Å². The lowest BCUT2D eigenvalue weighted by molar-refractivity contribution is -0.253. The van der Waals surface area contributed by atoms with Crippen molar-refractivity contribution >= 4 is 19.8 Å². The average molecular weight is 580 g/mol. The van der Waals surface area contributed by atoms with Gasteiger partial charge in [-0.3, -0.25) is 28.5 Å². The third-order valence-corrected chi connectivity index (χ3v) is 7.97. The summed E-state index contributed by atoms with van der Waals surface area (Å²) in [4.78, 5) is 48.7. The summed E-state index contributed by atoms with van der Waals surface area (Å²) >= 11 is 0. The molecule has 4 rings (SSSR count). The summed E-state index contributed by atoms with van der Waals surface area (Å²) in [6, 6.07) is 1.09. The molecule has 3 fully saturated rings. The second-order valence-corrected chi connectivity index (χ2v) is 11.2. The van der Waals surface area contributed by atoms with E-state index in [2.05, 4.69) is 14.5 Å². The van der Waals surface area contributed by atoms with Gasteiger partial charge in [0.2, 0.25) is 13.6 Å². The van der Waals surface area contributed by atoms with Crippen LogP contribution in [-0.4, -0.2) is 71.5 Å². The number of hydrogen-bond acceptors (Lipinski definition) is 13. The molecule has 1 aromatic heterocycles. The predicted molar refractivity (Wildman–Crippen MR) is 125 cm³/mol. The molecule has 0 bridgehead atoms. The van der Waals surface area contributed by atoms with Gasteiger partial charge in [-0.05, 0) is 19.8 Å². The Labute approximate surface area is 221 Å². The van der Waals surface area contributed by atoms with Gasteiger partial charge in [0, 0.05) is 39.0 Å². The highest BCUT2D eigenvalue weighted by molar-refractivity contribution is 7.48. The van der Waals surface area contributed by atoms with E-state index in [1.165, 1.54) is 6.20 Å². The summed E-state index contributed by atoms with van der Waals surface area (Å²) in [6.07, 6.45) is 1.28. The Bertz CT molecular complexity index is 1220. The van der Waals surface area contributed by atoms with Crippen molar-refractivity contribution in [2.45, 2.75) is 75.8 Å². The number of carbonyl (C=O) groups excluding carboxylic acids is 2. The van der Waals surface area contributed by atoms with Gasteiger partial charge in [0.25, 0.3) is 5.56 Å². The van der Waals surface area contributed by atoms with Crippen LogP contribution in [0.25, 0.3) is 0 Å². The highest BCUT2D eigenvalue weighted by Crippen LogP contribution is 2.60. The topological polar surface area (TPSA) is 180 Å². The molecule has 1 aromatic rings. The third kappa shape index (κ3) is 6.01. The molecule has 2 saturated heterocycles. The maximum absolute atomic E-state index is 15.0. The Kier molecular flexibility index (Phi) is 8.47. The van der Waals surface area contributed by atoms with E-state index >= 15 is 0 Å². The number of ether oxygens (including phenoxy) is 5. The van der Waals surface area contributed by atoms with Gasteiger partial charge < -0.3 is 23.7 Å². The highest BCUT2D eigenvalue weighted by Gasteiger charge is 2.72. The van der Waals surface area contributed by atoms with Crippen molar-refractivity contribution in [2.75, 3.05) is 26.9 Å². The second-order valence-electron chi connectivity index (χ2n) is 9.57. The molecule has 1 N–H and O–H groups in total. The molecule has 15 nitrogen and oxygen atoms in total. The second kappa shape index (κ2) is 11.2. The van der Waals surface area contributed by atoms with E-state index in [4.69, 9.17) is 27.8 Å². The summed E-state index contributed by atoms with van der Waals surface area (Å²) in [6.45, 7) is -0.0295. The lowest BCUT2D eigenvalue weighted by atomic mass is 9.88.